The summed E-state index contributed by atoms with van der Waals surface area (Å²) in [6, 6.07) is 4.47. The van der Waals surface area contributed by atoms with Gasteiger partial charge in [-0.15, -0.1) is 0 Å². The van der Waals surface area contributed by atoms with E-state index in [0.717, 1.165) is 62.6 Å². The number of allylic oxidation sites excluding steroid dienone is 1. The van der Waals surface area contributed by atoms with Gasteiger partial charge in [-0.25, -0.2) is 0 Å². The molecule has 1 aromatic heterocycles. The van der Waals surface area contributed by atoms with E-state index in [0.29, 0.717) is 35.1 Å². The summed E-state index contributed by atoms with van der Waals surface area (Å²) >= 11 is 0. The van der Waals surface area contributed by atoms with Gasteiger partial charge in [-0.3, -0.25) is 9.78 Å². The van der Waals surface area contributed by atoms with Crippen LogP contribution >= 0.6 is 0 Å². The van der Waals surface area contributed by atoms with Gasteiger partial charge < -0.3 is 14.9 Å². The van der Waals surface area contributed by atoms with Crippen LogP contribution in [0.4, 0.5) is 5.69 Å². The fraction of sp³-hybridized carbons (Fsp3) is 0.765. The van der Waals surface area contributed by atoms with Crippen LogP contribution in [0.2, 0.25) is 0 Å². The van der Waals surface area contributed by atoms with E-state index in [1.54, 1.807) is 5.57 Å². The number of amides is 1. The molecule has 5 nitrogen and oxygen atoms in total. The molecule has 6 rings (SSSR count). The van der Waals surface area contributed by atoms with Crippen LogP contribution < -0.4 is 4.90 Å². The number of carbonyl (C=O) groups excluding carboxylic acids is 1. The van der Waals surface area contributed by atoms with E-state index in [-0.39, 0.29) is 6.10 Å². The van der Waals surface area contributed by atoms with Gasteiger partial charge in [0, 0.05) is 50.2 Å². The van der Waals surface area contributed by atoms with E-state index >= 15 is 0 Å². The molecule has 1 aromatic rings. The quantitative estimate of drug-likeness (QED) is 0.441. The highest BCUT2D eigenvalue weighted by molar-refractivity contribution is 5.76. The first-order valence-corrected chi connectivity index (χ1v) is 16.0. The van der Waals surface area contributed by atoms with Crippen molar-refractivity contribution in [2.75, 3.05) is 24.5 Å². The molecule has 9 atom stereocenters. The van der Waals surface area contributed by atoms with Crippen LogP contribution in [0, 0.1) is 40.4 Å². The van der Waals surface area contributed by atoms with Gasteiger partial charge in [0.1, 0.15) is 0 Å². The Morgan fingerprint density at radius 1 is 1.10 bits per heavy atom. The first-order chi connectivity index (χ1) is 18.7. The first kappa shape index (κ1) is 27.3. The molecular formula is C34H51N3O2. The Morgan fingerprint density at radius 2 is 1.90 bits per heavy atom. The number of aromatic nitrogens is 1. The Balaban J connectivity index is 1.05. The molecule has 0 aromatic carbocycles. The van der Waals surface area contributed by atoms with E-state index < -0.39 is 0 Å². The van der Waals surface area contributed by atoms with Crippen molar-refractivity contribution in [3.8, 4) is 0 Å². The molecule has 214 valence electrons. The lowest BCUT2D eigenvalue weighted by atomic mass is 9.47. The molecule has 0 radical (unpaired) electrons. The van der Waals surface area contributed by atoms with Gasteiger partial charge in [-0.05, 0) is 117 Å². The second kappa shape index (κ2) is 10.5. The van der Waals surface area contributed by atoms with E-state index in [1.807, 2.05) is 12.4 Å². The summed E-state index contributed by atoms with van der Waals surface area (Å²) in [6.07, 6.45) is 17.6. The zero-order chi connectivity index (χ0) is 27.4. The smallest absolute Gasteiger partial charge is 0.222 e. The summed E-state index contributed by atoms with van der Waals surface area (Å²) in [5, 5.41) is 10.3. The lowest BCUT2D eigenvalue weighted by molar-refractivity contribution is -0.132. The number of hydrogen-bond donors (Lipinski definition) is 1. The third-order valence-electron chi connectivity index (χ3n) is 12.6. The van der Waals surface area contributed by atoms with Crippen molar-refractivity contribution in [2.24, 2.45) is 40.4 Å². The summed E-state index contributed by atoms with van der Waals surface area (Å²) in [6.45, 7) is 12.4. The third-order valence-corrected chi connectivity index (χ3v) is 12.6. The number of fused-ring (bicyclic) bond motifs is 5. The number of hydrogen-bond acceptors (Lipinski definition) is 4. The molecule has 5 aliphatic rings. The molecule has 3 saturated carbocycles. The molecule has 4 fully saturated rings. The number of aliphatic hydroxyl groups is 1. The van der Waals surface area contributed by atoms with Gasteiger partial charge in [0.15, 0.2) is 0 Å². The molecule has 39 heavy (non-hydrogen) atoms. The second-order valence-corrected chi connectivity index (χ2v) is 14.5. The monoisotopic (exact) mass is 533 g/mol. The summed E-state index contributed by atoms with van der Waals surface area (Å²) in [4.78, 5) is 22.0. The zero-order valence-corrected chi connectivity index (χ0v) is 24.8. The number of rotatable bonds is 5. The van der Waals surface area contributed by atoms with E-state index in [2.05, 4.69) is 60.7 Å². The van der Waals surface area contributed by atoms with Crippen molar-refractivity contribution < 1.29 is 9.90 Å². The Labute approximate surface area is 236 Å². The predicted octanol–water partition coefficient (Wildman–Crippen LogP) is 6.47. The molecule has 2 heterocycles. The van der Waals surface area contributed by atoms with Crippen LogP contribution in [0.3, 0.4) is 0 Å². The summed E-state index contributed by atoms with van der Waals surface area (Å²) in [5.74, 6) is 4.12. The van der Waals surface area contributed by atoms with E-state index in [4.69, 9.17) is 0 Å². The first-order valence-electron chi connectivity index (χ1n) is 16.0. The van der Waals surface area contributed by atoms with E-state index in [9.17, 15) is 9.90 Å². The average molecular weight is 534 g/mol. The van der Waals surface area contributed by atoms with Gasteiger partial charge >= 0.3 is 0 Å². The third kappa shape index (κ3) is 4.75. The lowest BCUT2D eigenvalue weighted by Crippen LogP contribution is -2.53. The summed E-state index contributed by atoms with van der Waals surface area (Å²) in [7, 11) is 0. The number of aliphatic hydroxyl groups excluding tert-OH is 1. The minimum absolute atomic E-state index is 0.123. The van der Waals surface area contributed by atoms with E-state index in [1.165, 1.54) is 44.2 Å². The maximum absolute atomic E-state index is 13.3. The van der Waals surface area contributed by atoms with Crippen LogP contribution in [-0.4, -0.2) is 52.7 Å². The highest BCUT2D eigenvalue weighted by atomic mass is 16.3. The fourth-order valence-electron chi connectivity index (χ4n) is 10.4. The average Bonchev–Trinajstić information content (AvgIpc) is 3.29. The molecular weight excluding hydrogens is 482 g/mol. The topological polar surface area (TPSA) is 56.7 Å². The van der Waals surface area contributed by atoms with Crippen molar-refractivity contribution in [2.45, 2.75) is 104 Å². The predicted molar refractivity (Wildman–Crippen MR) is 157 cm³/mol. The molecule has 1 aliphatic heterocycles. The molecule has 5 heteroatoms. The van der Waals surface area contributed by atoms with Gasteiger partial charge in [0.2, 0.25) is 5.91 Å². The maximum Gasteiger partial charge on any atom is 0.222 e. The Kier molecular flexibility index (Phi) is 7.35. The van der Waals surface area contributed by atoms with Crippen molar-refractivity contribution in [3.05, 3.63) is 36.2 Å². The van der Waals surface area contributed by atoms with Gasteiger partial charge in [0.05, 0.1) is 6.10 Å². The standard InChI is InChI=1S/C34H51N3O2/c1-23(5-10-32(39)36-19-20-37(24(2)22-36)26-13-17-35-18-14-26)29-8-9-30-28-7-6-25-21-27(38)11-15-33(25,3)31(28)12-16-34(29,30)4/h6,13-14,17-18,23-24,27-31,38H,5,7-12,15-16,19-22H2,1-4H3/t23?,24-,27-,28-,29+,30-,31-,33-,34+/m0/s1. The number of carbonyl (C=O) groups is 1. The van der Waals surface area contributed by atoms with Crippen molar-refractivity contribution in [3.63, 3.8) is 0 Å². The largest absolute Gasteiger partial charge is 0.393 e. The van der Waals surface area contributed by atoms with Gasteiger partial charge in [-0.1, -0.05) is 32.4 Å². The molecule has 1 saturated heterocycles. The summed E-state index contributed by atoms with van der Waals surface area (Å²) in [5.41, 5.74) is 3.52. The van der Waals surface area contributed by atoms with Crippen molar-refractivity contribution in [1.29, 1.82) is 0 Å². The number of anilines is 1. The summed E-state index contributed by atoms with van der Waals surface area (Å²) < 4.78 is 0. The van der Waals surface area contributed by atoms with Crippen molar-refractivity contribution in [1.82, 2.24) is 9.88 Å². The Hall–Kier alpha value is -1.88. The van der Waals surface area contributed by atoms with Gasteiger partial charge in [-0.2, -0.15) is 0 Å². The number of pyridine rings is 1. The molecule has 0 bridgehead atoms. The molecule has 1 unspecified atom stereocenters. The minimum atomic E-state index is -0.123. The van der Waals surface area contributed by atoms with Crippen LogP contribution in [0.15, 0.2) is 36.2 Å². The molecule has 1 amide bonds. The highest BCUT2D eigenvalue weighted by Gasteiger charge is 2.59. The highest BCUT2D eigenvalue weighted by Crippen LogP contribution is 2.67. The SMILES string of the molecule is CC(CCC(=O)N1CCN(c2ccncc2)[C@@H](C)C1)[C@H]1CC[C@H]2[C@@H]3CC=C4C[C@@H](O)CC[C@]4(C)[C@H]3CC[C@]12C. The van der Waals surface area contributed by atoms with Crippen LogP contribution in [-0.2, 0) is 4.79 Å². The van der Waals surface area contributed by atoms with Gasteiger partial charge in [0.25, 0.3) is 0 Å². The van der Waals surface area contributed by atoms with Crippen molar-refractivity contribution >= 4 is 11.6 Å². The Morgan fingerprint density at radius 3 is 2.67 bits per heavy atom. The minimum Gasteiger partial charge on any atom is -0.393 e. The number of nitrogens with zero attached hydrogens (tertiary/aromatic N) is 3. The number of piperazine rings is 1. The Bertz CT molecular complexity index is 1070. The normalized spacial score (nSPS) is 40.8. The second-order valence-electron chi connectivity index (χ2n) is 14.5. The fourth-order valence-corrected chi connectivity index (χ4v) is 10.4. The van der Waals surface area contributed by atoms with Crippen LogP contribution in [0.5, 0.6) is 0 Å². The van der Waals surface area contributed by atoms with Crippen LogP contribution in [0.25, 0.3) is 0 Å². The maximum atomic E-state index is 13.3. The molecule has 4 aliphatic carbocycles. The van der Waals surface area contributed by atoms with Crippen LogP contribution in [0.1, 0.15) is 91.9 Å². The lowest BCUT2D eigenvalue weighted by Gasteiger charge is -2.58. The molecule has 0 spiro atoms. The molecule has 1 N–H and O–H groups in total. The zero-order valence-electron chi connectivity index (χ0n) is 24.8.